The van der Waals surface area contributed by atoms with Crippen LogP contribution in [-0.4, -0.2) is 48.6 Å². The van der Waals surface area contributed by atoms with Crippen LogP contribution in [0.3, 0.4) is 0 Å². The average molecular weight is 386 g/mol. The van der Waals surface area contributed by atoms with Crippen molar-refractivity contribution in [1.29, 1.82) is 0 Å². The van der Waals surface area contributed by atoms with E-state index < -0.39 is 42.3 Å². The predicted molar refractivity (Wildman–Crippen MR) is 101 cm³/mol. The minimum atomic E-state index is -0.747. The highest BCUT2D eigenvalue weighted by molar-refractivity contribution is 5.89. The molecule has 6 heteroatoms. The molecule has 1 aromatic carbocycles. The highest BCUT2D eigenvalue weighted by atomic mass is 16.8. The predicted octanol–water partition coefficient (Wildman–Crippen LogP) is 3.20. The van der Waals surface area contributed by atoms with Crippen molar-refractivity contribution in [2.75, 3.05) is 0 Å². The number of esters is 1. The molecule has 150 valence electrons. The van der Waals surface area contributed by atoms with Crippen LogP contribution in [0, 0.1) is 0 Å². The normalized spacial score (nSPS) is 33.8. The molecule has 1 aromatic rings. The van der Waals surface area contributed by atoms with Gasteiger partial charge in [-0.05, 0) is 31.4 Å². The number of hydrogen-bond donors (Lipinski definition) is 0. The molecule has 6 nitrogen and oxygen atoms in total. The summed E-state index contributed by atoms with van der Waals surface area (Å²) in [5, 5.41) is 0. The van der Waals surface area contributed by atoms with E-state index in [1.54, 1.807) is 30.3 Å². The lowest BCUT2D eigenvalue weighted by Gasteiger charge is -2.39. The van der Waals surface area contributed by atoms with E-state index in [-0.39, 0.29) is 0 Å². The molecule has 28 heavy (non-hydrogen) atoms. The largest absolute Gasteiger partial charge is 0.453 e. The van der Waals surface area contributed by atoms with Gasteiger partial charge in [-0.3, -0.25) is 0 Å². The van der Waals surface area contributed by atoms with Gasteiger partial charge in [-0.15, -0.1) is 6.58 Å². The number of carbonyl (C=O) groups excluding carboxylic acids is 2. The summed E-state index contributed by atoms with van der Waals surface area (Å²) in [5.41, 5.74) is 0.459. The fraction of sp³-hybridized carbons (Fsp3) is 0.545. The SMILES string of the molecule is C=CC[C@@H]1O[C@@H](C=O)[C@H]2OC3(CCCCC3)O[C@H]2[C@H]1OC(=O)c1ccccc1. The third kappa shape index (κ3) is 3.64. The Kier molecular flexibility index (Phi) is 5.62. The molecule has 0 unspecified atom stereocenters. The second-order valence-corrected chi connectivity index (χ2v) is 7.67. The molecule has 1 spiro atoms. The van der Waals surface area contributed by atoms with E-state index in [4.69, 9.17) is 18.9 Å². The molecule has 0 radical (unpaired) electrons. The van der Waals surface area contributed by atoms with Crippen LogP contribution in [-0.2, 0) is 23.7 Å². The third-order valence-corrected chi connectivity index (χ3v) is 5.77. The summed E-state index contributed by atoms with van der Waals surface area (Å²) < 4.78 is 24.4. The van der Waals surface area contributed by atoms with Gasteiger partial charge in [-0.1, -0.05) is 30.7 Å². The van der Waals surface area contributed by atoms with Crippen LogP contribution in [0.4, 0.5) is 0 Å². The molecular weight excluding hydrogens is 360 g/mol. The second-order valence-electron chi connectivity index (χ2n) is 7.67. The maximum Gasteiger partial charge on any atom is 0.338 e. The van der Waals surface area contributed by atoms with Gasteiger partial charge in [0, 0.05) is 12.8 Å². The summed E-state index contributed by atoms with van der Waals surface area (Å²) in [4.78, 5) is 24.4. The van der Waals surface area contributed by atoms with Crippen LogP contribution in [0.25, 0.3) is 0 Å². The van der Waals surface area contributed by atoms with E-state index >= 15 is 0 Å². The standard InChI is InChI=1S/C22H26O6/c1-2-9-16-18(26-21(24)15-10-5-3-6-11-15)20-19(17(14-23)25-16)27-22(28-20)12-7-4-8-13-22/h2-3,5-6,10-11,14,16-20H,1,4,7-9,12-13H2/t16-,17-,18-,19+,20-/m0/s1. The van der Waals surface area contributed by atoms with Crippen LogP contribution in [0.5, 0.6) is 0 Å². The van der Waals surface area contributed by atoms with Crippen molar-refractivity contribution in [3.63, 3.8) is 0 Å². The molecular formula is C22H26O6. The molecule has 2 heterocycles. The third-order valence-electron chi connectivity index (χ3n) is 5.77. The Bertz CT molecular complexity index is 711. The number of hydrogen-bond acceptors (Lipinski definition) is 6. The topological polar surface area (TPSA) is 71.1 Å². The molecule has 0 bridgehead atoms. The number of ether oxygens (including phenoxy) is 4. The Morgan fingerprint density at radius 1 is 1.14 bits per heavy atom. The smallest absolute Gasteiger partial charge is 0.338 e. The number of fused-ring (bicyclic) bond motifs is 1. The van der Waals surface area contributed by atoms with Gasteiger partial charge in [-0.2, -0.15) is 0 Å². The van der Waals surface area contributed by atoms with Gasteiger partial charge in [0.15, 0.2) is 18.2 Å². The Balaban J connectivity index is 1.60. The van der Waals surface area contributed by atoms with Crippen molar-refractivity contribution >= 4 is 12.3 Å². The fourth-order valence-electron chi connectivity index (χ4n) is 4.43. The van der Waals surface area contributed by atoms with E-state index in [2.05, 4.69) is 6.58 Å². The van der Waals surface area contributed by atoms with Crippen molar-refractivity contribution in [3.05, 3.63) is 48.6 Å². The Labute approximate surface area is 164 Å². The lowest BCUT2D eigenvalue weighted by atomic mass is 9.93. The van der Waals surface area contributed by atoms with E-state index in [0.717, 1.165) is 38.4 Å². The van der Waals surface area contributed by atoms with Crippen LogP contribution < -0.4 is 0 Å². The number of carbonyl (C=O) groups is 2. The summed E-state index contributed by atoms with van der Waals surface area (Å²) in [7, 11) is 0. The quantitative estimate of drug-likeness (QED) is 0.440. The van der Waals surface area contributed by atoms with Gasteiger partial charge in [0.1, 0.15) is 24.4 Å². The van der Waals surface area contributed by atoms with E-state index in [9.17, 15) is 9.59 Å². The zero-order valence-electron chi connectivity index (χ0n) is 15.8. The minimum absolute atomic E-state index is 0.441. The van der Waals surface area contributed by atoms with E-state index in [1.165, 1.54) is 0 Å². The van der Waals surface area contributed by atoms with E-state index in [1.807, 2.05) is 6.07 Å². The lowest BCUT2D eigenvalue weighted by Crippen LogP contribution is -2.58. The first-order valence-electron chi connectivity index (χ1n) is 9.99. The zero-order chi connectivity index (χ0) is 19.6. The fourth-order valence-corrected chi connectivity index (χ4v) is 4.43. The highest BCUT2D eigenvalue weighted by Gasteiger charge is 2.59. The summed E-state index contributed by atoms with van der Waals surface area (Å²) in [5.74, 6) is -1.15. The molecule has 3 aliphatic rings. The number of rotatable bonds is 5. The first-order valence-corrected chi connectivity index (χ1v) is 9.99. The second kappa shape index (κ2) is 8.15. The Morgan fingerprint density at radius 3 is 2.54 bits per heavy atom. The minimum Gasteiger partial charge on any atom is -0.453 e. The van der Waals surface area contributed by atoms with Crippen LogP contribution >= 0.6 is 0 Å². The molecule has 3 fully saturated rings. The number of aldehydes is 1. The number of benzene rings is 1. The van der Waals surface area contributed by atoms with Gasteiger partial charge in [-0.25, -0.2) is 4.79 Å². The van der Waals surface area contributed by atoms with Crippen molar-refractivity contribution in [2.24, 2.45) is 0 Å². The molecule has 0 amide bonds. The molecule has 2 aliphatic heterocycles. The Hall–Kier alpha value is -2.02. The first kappa shape index (κ1) is 19.3. The van der Waals surface area contributed by atoms with Gasteiger partial charge in [0.25, 0.3) is 0 Å². The van der Waals surface area contributed by atoms with Crippen LogP contribution in [0.2, 0.25) is 0 Å². The van der Waals surface area contributed by atoms with Crippen molar-refractivity contribution in [3.8, 4) is 0 Å². The highest BCUT2D eigenvalue weighted by Crippen LogP contribution is 2.45. The maximum atomic E-state index is 12.7. The molecule has 0 N–H and O–H groups in total. The van der Waals surface area contributed by atoms with Crippen molar-refractivity contribution < 1.29 is 28.5 Å². The summed E-state index contributed by atoms with van der Waals surface area (Å²) in [6.45, 7) is 3.77. The summed E-state index contributed by atoms with van der Waals surface area (Å²) >= 11 is 0. The molecule has 1 aliphatic carbocycles. The molecule has 0 aromatic heterocycles. The monoisotopic (exact) mass is 386 g/mol. The summed E-state index contributed by atoms with van der Waals surface area (Å²) in [6.07, 6.45) is 4.56. The van der Waals surface area contributed by atoms with Gasteiger partial charge in [0.2, 0.25) is 0 Å². The first-order chi connectivity index (χ1) is 13.7. The van der Waals surface area contributed by atoms with Crippen molar-refractivity contribution in [2.45, 2.75) is 74.8 Å². The molecule has 4 rings (SSSR count). The van der Waals surface area contributed by atoms with Crippen LogP contribution in [0.1, 0.15) is 48.9 Å². The van der Waals surface area contributed by atoms with Gasteiger partial charge < -0.3 is 23.7 Å². The average Bonchev–Trinajstić information content (AvgIpc) is 3.09. The lowest BCUT2D eigenvalue weighted by molar-refractivity contribution is -0.199. The van der Waals surface area contributed by atoms with E-state index in [0.29, 0.717) is 12.0 Å². The maximum absolute atomic E-state index is 12.7. The van der Waals surface area contributed by atoms with Crippen molar-refractivity contribution in [1.82, 2.24) is 0 Å². The van der Waals surface area contributed by atoms with Gasteiger partial charge >= 0.3 is 5.97 Å². The molecule has 1 saturated carbocycles. The van der Waals surface area contributed by atoms with Gasteiger partial charge in [0.05, 0.1) is 5.56 Å². The zero-order valence-corrected chi connectivity index (χ0v) is 15.8. The van der Waals surface area contributed by atoms with Crippen LogP contribution in [0.15, 0.2) is 43.0 Å². The molecule has 2 saturated heterocycles. The summed E-state index contributed by atoms with van der Waals surface area (Å²) in [6, 6.07) is 8.81. The Morgan fingerprint density at radius 2 is 1.86 bits per heavy atom. The molecule has 5 atom stereocenters.